The molecule has 0 bridgehead atoms. The van der Waals surface area contributed by atoms with Crippen LogP contribution in [0.5, 0.6) is 0 Å². The third-order valence-electron chi connectivity index (χ3n) is 4.73. The van der Waals surface area contributed by atoms with E-state index in [-0.39, 0.29) is 0 Å². The van der Waals surface area contributed by atoms with Gasteiger partial charge in [0.05, 0.1) is 0 Å². The second-order valence-electron chi connectivity index (χ2n) is 5.98. The summed E-state index contributed by atoms with van der Waals surface area (Å²) in [5, 5.41) is 0. The van der Waals surface area contributed by atoms with Gasteiger partial charge in [-0.15, -0.1) is 0 Å². The summed E-state index contributed by atoms with van der Waals surface area (Å²) in [5.41, 5.74) is 5.75. The summed E-state index contributed by atoms with van der Waals surface area (Å²) in [4.78, 5) is 2.75. The van der Waals surface area contributed by atoms with Crippen molar-refractivity contribution in [2.45, 2.75) is 57.9 Å². The zero-order valence-corrected chi connectivity index (χ0v) is 10.8. The first kappa shape index (κ1) is 12.4. The van der Waals surface area contributed by atoms with Gasteiger partial charge in [0, 0.05) is 6.04 Å². The Bertz CT molecular complexity index is 197. The summed E-state index contributed by atoms with van der Waals surface area (Å²) >= 11 is 0. The molecule has 2 fully saturated rings. The summed E-state index contributed by atoms with van der Waals surface area (Å²) in [7, 11) is 0. The number of likely N-dealkylation sites (tertiary alicyclic amines) is 1. The van der Waals surface area contributed by atoms with Crippen LogP contribution in [0.15, 0.2) is 0 Å². The highest BCUT2D eigenvalue weighted by Crippen LogP contribution is 2.28. The molecule has 2 aliphatic rings. The highest BCUT2D eigenvalue weighted by Gasteiger charge is 2.25. The van der Waals surface area contributed by atoms with E-state index in [0.29, 0.717) is 0 Å². The van der Waals surface area contributed by atoms with Crippen molar-refractivity contribution < 1.29 is 0 Å². The van der Waals surface area contributed by atoms with E-state index < -0.39 is 0 Å². The molecule has 0 aromatic carbocycles. The van der Waals surface area contributed by atoms with Gasteiger partial charge < -0.3 is 10.6 Å². The minimum atomic E-state index is 0.806. The molecule has 1 heterocycles. The summed E-state index contributed by atoms with van der Waals surface area (Å²) in [6.07, 6.45) is 9.90. The molecule has 1 saturated carbocycles. The number of piperidine rings is 1. The molecule has 1 aliphatic heterocycles. The van der Waals surface area contributed by atoms with Crippen LogP contribution in [0.2, 0.25) is 0 Å². The molecule has 2 unspecified atom stereocenters. The normalized spacial score (nSPS) is 34.9. The molecule has 0 amide bonds. The summed E-state index contributed by atoms with van der Waals surface area (Å²) in [5.74, 6) is 1.77. The van der Waals surface area contributed by atoms with Gasteiger partial charge in [-0.1, -0.05) is 19.8 Å². The SMILES string of the molecule is CC1CCCC(N2CCC(CN)CC2)CC1. The van der Waals surface area contributed by atoms with Crippen molar-refractivity contribution in [3.63, 3.8) is 0 Å². The first-order valence-electron chi connectivity index (χ1n) is 7.23. The smallest absolute Gasteiger partial charge is 0.00953 e. The molecule has 16 heavy (non-hydrogen) atoms. The Morgan fingerprint density at radius 2 is 1.75 bits per heavy atom. The van der Waals surface area contributed by atoms with Crippen molar-refractivity contribution in [2.75, 3.05) is 19.6 Å². The number of hydrogen-bond acceptors (Lipinski definition) is 2. The van der Waals surface area contributed by atoms with Crippen LogP contribution in [-0.2, 0) is 0 Å². The van der Waals surface area contributed by atoms with E-state index in [0.717, 1.165) is 24.4 Å². The first-order valence-corrected chi connectivity index (χ1v) is 7.23. The van der Waals surface area contributed by atoms with Crippen LogP contribution in [-0.4, -0.2) is 30.6 Å². The van der Waals surface area contributed by atoms with E-state index >= 15 is 0 Å². The molecule has 2 rings (SSSR count). The summed E-state index contributed by atoms with van der Waals surface area (Å²) < 4.78 is 0. The van der Waals surface area contributed by atoms with Gasteiger partial charge >= 0.3 is 0 Å². The van der Waals surface area contributed by atoms with Crippen molar-refractivity contribution in [1.29, 1.82) is 0 Å². The molecule has 2 N–H and O–H groups in total. The van der Waals surface area contributed by atoms with Crippen molar-refractivity contribution in [1.82, 2.24) is 4.90 Å². The molecule has 0 aromatic heterocycles. The number of hydrogen-bond donors (Lipinski definition) is 1. The molecule has 2 atom stereocenters. The van der Waals surface area contributed by atoms with Crippen molar-refractivity contribution >= 4 is 0 Å². The highest BCUT2D eigenvalue weighted by atomic mass is 15.2. The fourth-order valence-electron chi connectivity index (χ4n) is 3.39. The first-order chi connectivity index (χ1) is 7.79. The van der Waals surface area contributed by atoms with E-state index in [9.17, 15) is 0 Å². The van der Waals surface area contributed by atoms with Crippen LogP contribution in [0.3, 0.4) is 0 Å². The Balaban J connectivity index is 1.79. The van der Waals surface area contributed by atoms with Crippen LogP contribution in [0.1, 0.15) is 51.9 Å². The zero-order valence-electron chi connectivity index (χ0n) is 10.8. The third kappa shape index (κ3) is 3.21. The Kier molecular flexibility index (Phi) is 4.66. The fraction of sp³-hybridized carbons (Fsp3) is 1.00. The second-order valence-corrected chi connectivity index (χ2v) is 5.98. The van der Waals surface area contributed by atoms with Gasteiger partial charge in [-0.05, 0) is 63.6 Å². The molecule has 2 nitrogen and oxygen atoms in total. The van der Waals surface area contributed by atoms with Crippen LogP contribution >= 0.6 is 0 Å². The van der Waals surface area contributed by atoms with Gasteiger partial charge in [-0.25, -0.2) is 0 Å². The fourth-order valence-corrected chi connectivity index (χ4v) is 3.39. The maximum absolute atomic E-state index is 5.75. The number of rotatable bonds is 2. The summed E-state index contributed by atoms with van der Waals surface area (Å²) in [6, 6.07) is 0.892. The van der Waals surface area contributed by atoms with Gasteiger partial charge in [0.2, 0.25) is 0 Å². The van der Waals surface area contributed by atoms with E-state index in [1.54, 1.807) is 0 Å². The topological polar surface area (TPSA) is 29.3 Å². The maximum atomic E-state index is 5.75. The molecule has 0 aromatic rings. The van der Waals surface area contributed by atoms with Crippen LogP contribution in [0.25, 0.3) is 0 Å². The van der Waals surface area contributed by atoms with Crippen molar-refractivity contribution in [3.05, 3.63) is 0 Å². The molecule has 1 aliphatic carbocycles. The van der Waals surface area contributed by atoms with E-state index in [1.165, 1.54) is 58.0 Å². The molecule has 0 radical (unpaired) electrons. The molecule has 1 saturated heterocycles. The largest absolute Gasteiger partial charge is 0.330 e. The minimum Gasteiger partial charge on any atom is -0.330 e. The molecule has 2 heteroatoms. The van der Waals surface area contributed by atoms with E-state index in [2.05, 4.69) is 11.8 Å². The van der Waals surface area contributed by atoms with Crippen molar-refractivity contribution in [2.24, 2.45) is 17.6 Å². The van der Waals surface area contributed by atoms with Gasteiger partial charge in [-0.3, -0.25) is 0 Å². The maximum Gasteiger partial charge on any atom is 0.00953 e. The second kappa shape index (κ2) is 6.02. The van der Waals surface area contributed by atoms with Crippen molar-refractivity contribution in [3.8, 4) is 0 Å². The number of nitrogens with zero attached hydrogens (tertiary/aromatic N) is 1. The lowest BCUT2D eigenvalue weighted by Crippen LogP contribution is -2.42. The predicted octanol–water partition coefficient (Wildman–Crippen LogP) is 2.63. The van der Waals surface area contributed by atoms with Crippen LogP contribution < -0.4 is 5.73 Å². The average Bonchev–Trinajstić information content (AvgIpc) is 2.54. The Morgan fingerprint density at radius 1 is 1.00 bits per heavy atom. The lowest BCUT2D eigenvalue weighted by molar-refractivity contribution is 0.123. The molecular formula is C14H28N2. The van der Waals surface area contributed by atoms with E-state index in [1.807, 2.05) is 0 Å². The van der Waals surface area contributed by atoms with Gasteiger partial charge in [0.15, 0.2) is 0 Å². The zero-order chi connectivity index (χ0) is 11.4. The Morgan fingerprint density at radius 3 is 2.44 bits per heavy atom. The monoisotopic (exact) mass is 224 g/mol. The predicted molar refractivity (Wildman–Crippen MR) is 69.4 cm³/mol. The lowest BCUT2D eigenvalue weighted by atomic mass is 9.94. The van der Waals surface area contributed by atoms with Gasteiger partial charge in [-0.2, -0.15) is 0 Å². The molecule has 94 valence electrons. The average molecular weight is 224 g/mol. The molecular weight excluding hydrogens is 196 g/mol. The standard InChI is InChI=1S/C14H28N2/c1-12-3-2-4-14(6-5-12)16-9-7-13(11-15)8-10-16/h12-14H,2-11,15H2,1H3. The van der Waals surface area contributed by atoms with Gasteiger partial charge in [0.25, 0.3) is 0 Å². The number of nitrogens with two attached hydrogens (primary N) is 1. The highest BCUT2D eigenvalue weighted by molar-refractivity contribution is 4.81. The molecule has 0 spiro atoms. The third-order valence-corrected chi connectivity index (χ3v) is 4.73. The van der Waals surface area contributed by atoms with Crippen LogP contribution in [0.4, 0.5) is 0 Å². The Hall–Kier alpha value is -0.0800. The minimum absolute atomic E-state index is 0.806. The van der Waals surface area contributed by atoms with E-state index in [4.69, 9.17) is 5.73 Å². The van der Waals surface area contributed by atoms with Gasteiger partial charge in [0.1, 0.15) is 0 Å². The Labute approximate surface area is 101 Å². The van der Waals surface area contributed by atoms with Crippen LogP contribution in [0, 0.1) is 11.8 Å². The lowest BCUT2D eigenvalue weighted by Gasteiger charge is -2.37. The summed E-state index contributed by atoms with van der Waals surface area (Å²) in [6.45, 7) is 5.93. The quantitative estimate of drug-likeness (QED) is 0.731.